The van der Waals surface area contributed by atoms with Crippen molar-refractivity contribution in [2.75, 3.05) is 6.54 Å². The molecule has 0 bridgehead atoms. The van der Waals surface area contributed by atoms with Crippen LogP contribution in [-0.2, 0) is 10.0 Å². The summed E-state index contributed by atoms with van der Waals surface area (Å²) >= 11 is 5.64. The zero-order chi connectivity index (χ0) is 15.7. The van der Waals surface area contributed by atoms with Gasteiger partial charge in [0.15, 0.2) is 5.82 Å². The minimum Gasteiger partial charge on any atom is -0.478 e. The molecule has 0 amide bonds. The molecule has 0 aliphatic rings. The third kappa shape index (κ3) is 4.16. The lowest BCUT2D eigenvalue weighted by Gasteiger charge is -2.19. The Morgan fingerprint density at radius 3 is 2.40 bits per heavy atom. The van der Waals surface area contributed by atoms with Gasteiger partial charge in [-0.1, -0.05) is 32.4 Å². The van der Waals surface area contributed by atoms with E-state index in [0.29, 0.717) is 0 Å². The molecular formula is C12H15ClFNO4S. The molecule has 0 fully saturated rings. The lowest BCUT2D eigenvalue weighted by atomic mass is 9.98. The van der Waals surface area contributed by atoms with Gasteiger partial charge in [-0.2, -0.15) is 0 Å². The van der Waals surface area contributed by atoms with Crippen LogP contribution in [0.25, 0.3) is 0 Å². The summed E-state index contributed by atoms with van der Waals surface area (Å²) in [4.78, 5) is 10.1. The number of nitrogens with one attached hydrogen (secondary N) is 1. The quantitative estimate of drug-likeness (QED) is 0.891. The van der Waals surface area contributed by atoms with Crippen molar-refractivity contribution in [1.29, 1.82) is 0 Å². The lowest BCUT2D eigenvalue weighted by molar-refractivity contribution is 0.0691. The molecule has 2 N–H and O–H groups in total. The van der Waals surface area contributed by atoms with Gasteiger partial charge in [0, 0.05) is 11.6 Å². The van der Waals surface area contributed by atoms with Gasteiger partial charge in [-0.25, -0.2) is 22.3 Å². The predicted molar refractivity (Wildman–Crippen MR) is 73.0 cm³/mol. The third-order valence-corrected chi connectivity index (χ3v) is 3.94. The molecule has 8 heteroatoms. The van der Waals surface area contributed by atoms with Crippen LogP contribution in [0.5, 0.6) is 0 Å². The molecule has 1 rings (SSSR count). The topological polar surface area (TPSA) is 83.5 Å². The van der Waals surface area contributed by atoms with Crippen molar-refractivity contribution in [3.8, 4) is 0 Å². The van der Waals surface area contributed by atoms with E-state index in [1.54, 1.807) is 20.8 Å². The number of carbonyl (C=O) groups is 1. The Bertz CT molecular complexity index is 638. The van der Waals surface area contributed by atoms with E-state index in [-0.39, 0.29) is 17.0 Å². The summed E-state index contributed by atoms with van der Waals surface area (Å²) in [5.41, 5.74) is -1.13. The molecule has 0 unspecified atom stereocenters. The minimum atomic E-state index is -4.18. The molecule has 1 aromatic rings. The smallest absolute Gasteiger partial charge is 0.338 e. The van der Waals surface area contributed by atoms with Crippen LogP contribution in [0.1, 0.15) is 31.1 Å². The number of benzene rings is 1. The van der Waals surface area contributed by atoms with Crippen LogP contribution in [0.4, 0.5) is 4.39 Å². The Hall–Kier alpha value is -1.18. The molecule has 1 aromatic carbocycles. The van der Waals surface area contributed by atoms with Crippen LogP contribution in [0, 0.1) is 11.2 Å². The highest BCUT2D eigenvalue weighted by molar-refractivity contribution is 7.89. The molecule has 5 nitrogen and oxygen atoms in total. The number of carboxylic acids is 1. The zero-order valence-electron chi connectivity index (χ0n) is 11.2. The average molecular weight is 324 g/mol. The highest BCUT2D eigenvalue weighted by Gasteiger charge is 2.26. The summed E-state index contributed by atoms with van der Waals surface area (Å²) in [5.74, 6) is -2.92. The lowest BCUT2D eigenvalue weighted by Crippen LogP contribution is -2.33. The van der Waals surface area contributed by atoms with Gasteiger partial charge in [0.2, 0.25) is 10.0 Å². The van der Waals surface area contributed by atoms with E-state index >= 15 is 0 Å². The first-order valence-corrected chi connectivity index (χ1v) is 7.52. The van der Waals surface area contributed by atoms with E-state index in [9.17, 15) is 17.6 Å². The summed E-state index contributed by atoms with van der Waals surface area (Å²) in [6.07, 6.45) is 0. The Kier molecular flexibility index (Phi) is 4.78. The van der Waals surface area contributed by atoms with Gasteiger partial charge in [0.25, 0.3) is 0 Å². The molecule has 0 aliphatic heterocycles. The molecule has 20 heavy (non-hydrogen) atoms. The first-order valence-electron chi connectivity index (χ1n) is 5.66. The molecule has 0 aromatic heterocycles. The maximum atomic E-state index is 14.0. The van der Waals surface area contributed by atoms with Crippen LogP contribution >= 0.6 is 11.6 Å². The summed E-state index contributed by atoms with van der Waals surface area (Å²) in [7, 11) is -4.18. The van der Waals surface area contributed by atoms with E-state index in [4.69, 9.17) is 16.7 Å². The Morgan fingerprint density at radius 2 is 1.95 bits per heavy atom. The van der Waals surface area contributed by atoms with Crippen molar-refractivity contribution in [2.24, 2.45) is 5.41 Å². The summed E-state index contributed by atoms with van der Waals surface area (Å²) in [5, 5.41) is 8.66. The average Bonchev–Trinajstić information content (AvgIpc) is 2.28. The highest BCUT2D eigenvalue weighted by Crippen LogP contribution is 2.24. The van der Waals surface area contributed by atoms with E-state index in [0.717, 1.165) is 12.1 Å². The van der Waals surface area contributed by atoms with Crippen LogP contribution in [0.3, 0.4) is 0 Å². The Morgan fingerprint density at radius 1 is 1.40 bits per heavy atom. The molecule has 112 valence electrons. The largest absolute Gasteiger partial charge is 0.478 e. The number of halogens is 2. The number of hydrogen-bond donors (Lipinski definition) is 2. The van der Waals surface area contributed by atoms with E-state index in [1.807, 2.05) is 0 Å². The number of sulfonamides is 1. The van der Waals surface area contributed by atoms with E-state index in [1.165, 1.54) is 0 Å². The van der Waals surface area contributed by atoms with Crippen LogP contribution < -0.4 is 4.72 Å². The number of carboxylic acid groups (broad SMARTS) is 1. The van der Waals surface area contributed by atoms with Crippen molar-refractivity contribution in [2.45, 2.75) is 25.7 Å². The summed E-state index contributed by atoms with van der Waals surface area (Å²) in [6, 6.07) is 1.75. The fourth-order valence-electron chi connectivity index (χ4n) is 1.30. The van der Waals surface area contributed by atoms with Crippen LogP contribution in [0.2, 0.25) is 5.02 Å². The van der Waals surface area contributed by atoms with Gasteiger partial charge in [-0.05, 0) is 17.5 Å². The maximum Gasteiger partial charge on any atom is 0.338 e. The standard InChI is InChI=1S/C12H15ClFNO4S/c1-12(2,3)6-15-20(18,19)9-5-7(13)4-8(10(9)14)11(16)17/h4-5,15H,6H2,1-3H3,(H,16,17). The molecule has 0 radical (unpaired) electrons. The Labute approximate surface area is 121 Å². The highest BCUT2D eigenvalue weighted by atomic mass is 35.5. The molecule has 0 saturated carbocycles. The van der Waals surface area contributed by atoms with E-state index < -0.39 is 32.3 Å². The monoisotopic (exact) mass is 323 g/mol. The van der Waals surface area contributed by atoms with Crippen molar-refractivity contribution >= 4 is 27.6 Å². The molecular weight excluding hydrogens is 309 g/mol. The van der Waals surface area contributed by atoms with Crippen molar-refractivity contribution in [1.82, 2.24) is 4.72 Å². The van der Waals surface area contributed by atoms with Crippen molar-refractivity contribution in [3.63, 3.8) is 0 Å². The molecule has 0 heterocycles. The fourth-order valence-corrected chi connectivity index (χ4v) is 2.99. The first kappa shape index (κ1) is 16.9. The van der Waals surface area contributed by atoms with Gasteiger partial charge >= 0.3 is 5.97 Å². The normalized spacial score (nSPS) is 12.4. The van der Waals surface area contributed by atoms with Crippen LogP contribution in [-0.4, -0.2) is 26.0 Å². The second-order valence-corrected chi connectivity index (χ2v) is 7.63. The maximum absolute atomic E-state index is 14.0. The van der Waals surface area contributed by atoms with E-state index in [2.05, 4.69) is 4.72 Å². The summed E-state index contributed by atoms with van der Waals surface area (Å²) in [6.45, 7) is 5.47. The van der Waals surface area contributed by atoms with Crippen molar-refractivity contribution in [3.05, 3.63) is 28.5 Å². The van der Waals surface area contributed by atoms with Gasteiger partial charge in [-0.15, -0.1) is 0 Å². The SMILES string of the molecule is CC(C)(C)CNS(=O)(=O)c1cc(Cl)cc(C(=O)O)c1F. The molecule has 0 aliphatic carbocycles. The second kappa shape index (κ2) is 5.67. The molecule has 0 atom stereocenters. The van der Waals surface area contributed by atoms with Crippen molar-refractivity contribution < 1.29 is 22.7 Å². The number of rotatable bonds is 4. The van der Waals surface area contributed by atoms with Gasteiger partial charge in [0.05, 0.1) is 5.56 Å². The predicted octanol–water partition coefficient (Wildman–Crippen LogP) is 2.50. The minimum absolute atomic E-state index is 0.0731. The van der Waals surface area contributed by atoms with Crippen LogP contribution in [0.15, 0.2) is 17.0 Å². The van der Waals surface area contributed by atoms with Gasteiger partial charge in [0.1, 0.15) is 4.90 Å². The van der Waals surface area contributed by atoms with Gasteiger partial charge in [-0.3, -0.25) is 0 Å². The third-order valence-electron chi connectivity index (χ3n) is 2.32. The number of aromatic carboxylic acids is 1. The van der Waals surface area contributed by atoms with Gasteiger partial charge < -0.3 is 5.11 Å². The second-order valence-electron chi connectivity index (χ2n) is 5.46. The zero-order valence-corrected chi connectivity index (χ0v) is 12.8. The fraction of sp³-hybridized carbons (Fsp3) is 0.417. The summed E-state index contributed by atoms with van der Waals surface area (Å²) < 4.78 is 40.2. The molecule has 0 spiro atoms. The first-order chi connectivity index (χ1) is 8.94. The molecule has 0 saturated heterocycles. The number of hydrogen-bond acceptors (Lipinski definition) is 3. The Balaban J connectivity index is 3.29.